The molecule has 34 heavy (non-hydrogen) atoms. The topological polar surface area (TPSA) is 112 Å². The van der Waals surface area contributed by atoms with Gasteiger partial charge in [-0.1, -0.05) is 24.3 Å². The monoisotopic (exact) mass is 549 g/mol. The van der Waals surface area contributed by atoms with Crippen molar-refractivity contribution in [1.29, 1.82) is 0 Å². The normalized spacial score (nSPS) is 15.8. The van der Waals surface area contributed by atoms with Crippen molar-refractivity contribution >= 4 is 38.9 Å². The molecule has 2 aromatic carbocycles. The first kappa shape index (κ1) is 24.1. The quantitative estimate of drug-likeness (QED) is 0.397. The van der Waals surface area contributed by atoms with Crippen LogP contribution in [0.25, 0.3) is 0 Å². The van der Waals surface area contributed by atoms with E-state index < -0.39 is 35.7 Å². The summed E-state index contributed by atoms with van der Waals surface area (Å²) in [7, 11) is 0. The molecule has 3 aromatic rings. The summed E-state index contributed by atoms with van der Waals surface area (Å²) in [5.74, 6) is -1.15. The van der Waals surface area contributed by atoms with Gasteiger partial charge in [-0.2, -0.15) is 0 Å². The lowest BCUT2D eigenvalue weighted by Gasteiger charge is -2.38. The summed E-state index contributed by atoms with van der Waals surface area (Å²) >= 11 is 0.688. The zero-order valence-electron chi connectivity index (χ0n) is 17.6. The molecular formula is C23H19BrFN2O6S-. The molecule has 0 radical (unpaired) electrons. The zero-order chi connectivity index (χ0) is 24.2. The van der Waals surface area contributed by atoms with Crippen molar-refractivity contribution in [2.24, 2.45) is 0 Å². The van der Waals surface area contributed by atoms with Gasteiger partial charge in [-0.3, -0.25) is 8.51 Å². The molecule has 0 bridgehead atoms. The first-order chi connectivity index (χ1) is 16.3. The van der Waals surface area contributed by atoms with E-state index in [9.17, 15) is 17.9 Å². The minimum absolute atomic E-state index is 0.0113. The third-order valence-electron chi connectivity index (χ3n) is 5.32. The van der Waals surface area contributed by atoms with E-state index in [1.165, 1.54) is 34.8 Å². The number of nitrogens with zero attached hydrogens (tertiary/aromatic N) is 2. The molecule has 1 aliphatic rings. The molecule has 1 heterocycles. The van der Waals surface area contributed by atoms with Crippen LogP contribution in [-0.2, 0) is 22.5 Å². The molecule has 178 valence electrons. The highest BCUT2D eigenvalue weighted by molar-refractivity contribution is 9.10. The van der Waals surface area contributed by atoms with Crippen LogP contribution in [0.3, 0.4) is 0 Å². The average Bonchev–Trinajstić information content (AvgIpc) is 2.81. The lowest BCUT2D eigenvalue weighted by atomic mass is 9.87. The minimum atomic E-state index is -2.65. The van der Waals surface area contributed by atoms with E-state index in [0.29, 0.717) is 29.5 Å². The fourth-order valence-electron chi connectivity index (χ4n) is 3.92. The molecule has 8 nitrogen and oxygen atoms in total. The number of hydrogen-bond acceptors (Lipinski definition) is 6. The molecule has 0 spiro atoms. The Morgan fingerprint density at radius 2 is 2.03 bits per heavy atom. The number of rotatable bonds is 8. The molecule has 2 unspecified atom stereocenters. The van der Waals surface area contributed by atoms with Gasteiger partial charge in [0.1, 0.15) is 5.75 Å². The maximum absolute atomic E-state index is 13.9. The van der Waals surface area contributed by atoms with Gasteiger partial charge in [-0.25, -0.2) is 14.2 Å². The molecule has 0 saturated carbocycles. The van der Waals surface area contributed by atoms with Crippen molar-refractivity contribution in [3.05, 3.63) is 76.1 Å². The summed E-state index contributed by atoms with van der Waals surface area (Å²) in [6, 6.07) is 12.1. The summed E-state index contributed by atoms with van der Waals surface area (Å²) < 4.78 is 51.1. The van der Waals surface area contributed by atoms with Crippen LogP contribution in [0.15, 0.2) is 59.2 Å². The number of pyridine rings is 1. The Bertz CT molecular complexity index is 1240. The van der Waals surface area contributed by atoms with E-state index in [0.717, 1.165) is 11.1 Å². The van der Waals surface area contributed by atoms with Crippen LogP contribution in [0.5, 0.6) is 17.4 Å². The van der Waals surface area contributed by atoms with Gasteiger partial charge in [0.2, 0.25) is 5.88 Å². The molecule has 4 rings (SSSR count). The van der Waals surface area contributed by atoms with Crippen molar-refractivity contribution in [2.75, 3.05) is 10.9 Å². The number of para-hydroxylation sites is 1. The molecule has 0 aliphatic heterocycles. The second-order valence-electron chi connectivity index (χ2n) is 7.47. The summed E-state index contributed by atoms with van der Waals surface area (Å²) in [4.78, 5) is 15.1. The van der Waals surface area contributed by atoms with Gasteiger partial charge in [-0.15, -0.1) is 0 Å². The minimum Gasteiger partial charge on any atom is -0.755 e. The van der Waals surface area contributed by atoms with Crippen molar-refractivity contribution in [3.8, 4) is 17.4 Å². The third kappa shape index (κ3) is 5.21. The maximum Gasteiger partial charge on any atom is 0.341 e. The van der Waals surface area contributed by atoms with Gasteiger partial charge in [0.05, 0.1) is 22.4 Å². The number of anilines is 1. The number of carboxylic acids is 1. The van der Waals surface area contributed by atoms with Gasteiger partial charge < -0.3 is 19.1 Å². The van der Waals surface area contributed by atoms with Crippen LogP contribution >= 0.6 is 15.9 Å². The Morgan fingerprint density at radius 3 is 2.74 bits per heavy atom. The molecule has 0 fully saturated rings. The van der Waals surface area contributed by atoms with Crippen molar-refractivity contribution in [2.45, 2.75) is 25.3 Å². The molecule has 0 saturated heterocycles. The van der Waals surface area contributed by atoms with E-state index in [-0.39, 0.29) is 17.3 Å². The molecule has 11 heteroatoms. The second kappa shape index (κ2) is 10.5. The van der Waals surface area contributed by atoms with E-state index in [2.05, 4.69) is 20.9 Å². The molecular weight excluding hydrogens is 531 g/mol. The van der Waals surface area contributed by atoms with Crippen LogP contribution in [0.2, 0.25) is 0 Å². The summed E-state index contributed by atoms with van der Waals surface area (Å²) in [6.45, 7) is -0.487. The first-order valence-electron chi connectivity index (χ1n) is 10.3. The van der Waals surface area contributed by atoms with Crippen molar-refractivity contribution in [1.82, 2.24) is 4.98 Å². The highest BCUT2D eigenvalue weighted by atomic mass is 79.9. The fourth-order valence-corrected chi connectivity index (χ4v) is 5.04. The van der Waals surface area contributed by atoms with E-state index in [1.54, 1.807) is 18.2 Å². The van der Waals surface area contributed by atoms with Gasteiger partial charge >= 0.3 is 5.97 Å². The van der Waals surface area contributed by atoms with Gasteiger partial charge in [0.25, 0.3) is 0 Å². The highest BCUT2D eigenvalue weighted by Gasteiger charge is 2.30. The van der Waals surface area contributed by atoms with Crippen LogP contribution < -0.4 is 13.8 Å². The Kier molecular flexibility index (Phi) is 7.44. The Hall–Kier alpha value is -3.02. The largest absolute Gasteiger partial charge is 0.755 e. The predicted molar refractivity (Wildman–Crippen MR) is 125 cm³/mol. The predicted octanol–water partition coefficient (Wildman–Crippen LogP) is 4.92. The third-order valence-corrected chi connectivity index (χ3v) is 6.67. The van der Waals surface area contributed by atoms with Gasteiger partial charge in [0, 0.05) is 11.3 Å². The molecule has 2 atom stereocenters. The molecule has 1 aromatic heterocycles. The number of aromatic nitrogens is 1. The fraction of sp³-hybridized carbons (Fsp3) is 0.217. The number of carbonyl (C=O) groups is 1. The summed E-state index contributed by atoms with van der Waals surface area (Å²) in [5, 5.41) is 8.94. The Morgan fingerprint density at radius 1 is 1.26 bits per heavy atom. The lowest BCUT2D eigenvalue weighted by molar-refractivity contribution is -0.139. The molecule has 0 amide bonds. The smallest absolute Gasteiger partial charge is 0.341 e. The second-order valence-corrected chi connectivity index (χ2v) is 9.15. The van der Waals surface area contributed by atoms with Crippen molar-refractivity contribution in [3.63, 3.8) is 0 Å². The van der Waals surface area contributed by atoms with Crippen molar-refractivity contribution < 1.29 is 32.5 Å². The SMILES string of the molecule is O=C(O)COc1cccc2c1CCCC2N(c1cnc(Oc2ccccc2F)c(Br)c1)S(=O)[O-]. The first-order valence-corrected chi connectivity index (χ1v) is 12.1. The van der Waals surface area contributed by atoms with Crippen LogP contribution in [0, 0.1) is 5.82 Å². The number of benzene rings is 2. The maximum atomic E-state index is 13.9. The lowest BCUT2D eigenvalue weighted by Crippen LogP contribution is -2.33. The van der Waals surface area contributed by atoms with Gasteiger partial charge in [0.15, 0.2) is 18.2 Å². The average molecular weight is 550 g/mol. The zero-order valence-corrected chi connectivity index (χ0v) is 20.1. The highest BCUT2D eigenvalue weighted by Crippen LogP contribution is 2.42. The van der Waals surface area contributed by atoms with E-state index in [1.807, 2.05) is 6.07 Å². The number of aliphatic carboxylic acids is 1. The number of halogens is 2. The van der Waals surface area contributed by atoms with Crippen LogP contribution in [0.1, 0.15) is 30.0 Å². The number of fused-ring (bicyclic) bond motifs is 1. The number of carboxylic acid groups (broad SMARTS) is 1. The van der Waals surface area contributed by atoms with Crippen LogP contribution in [0.4, 0.5) is 10.1 Å². The summed E-state index contributed by atoms with van der Waals surface area (Å²) in [5.41, 5.74) is 1.80. The Balaban J connectivity index is 1.66. The molecule has 1 aliphatic carbocycles. The van der Waals surface area contributed by atoms with Crippen LogP contribution in [-0.4, -0.2) is 31.4 Å². The standard InChI is InChI=1S/C23H20BrFN2O6S/c24-17-11-14(12-26-23(17)33-21-9-2-1-7-18(21)25)27(34(30)31)19-8-3-6-16-15(19)5-4-10-20(16)32-13-22(28)29/h1-2,4-5,7,9-12,19H,3,6,8,13H2,(H,28,29)(H,30,31)/p-1. The number of ether oxygens (including phenoxy) is 2. The van der Waals surface area contributed by atoms with E-state index in [4.69, 9.17) is 14.6 Å². The molecule has 1 N–H and O–H groups in total. The summed E-state index contributed by atoms with van der Waals surface area (Å²) in [6.07, 6.45) is 3.21. The number of hydrogen-bond donors (Lipinski definition) is 1. The van der Waals surface area contributed by atoms with E-state index >= 15 is 0 Å². The van der Waals surface area contributed by atoms with Gasteiger partial charge in [-0.05, 0) is 70.6 Å². The Labute approximate surface area is 205 Å².